The molecule has 1 aliphatic rings. The second-order valence-corrected chi connectivity index (χ2v) is 6.81. The van der Waals surface area contributed by atoms with Gasteiger partial charge >= 0.3 is 7.12 Å². The second-order valence-electron chi connectivity index (χ2n) is 6.81. The van der Waals surface area contributed by atoms with E-state index < -0.39 is 18.3 Å². The molecule has 0 atom stereocenters. The molecule has 1 aromatic heterocycles. The van der Waals surface area contributed by atoms with E-state index in [0.29, 0.717) is 5.75 Å². The highest BCUT2D eigenvalue weighted by atomic mass is 16.7. The monoisotopic (exact) mass is 330 g/mol. The molecule has 128 valence electrons. The molecule has 3 rings (SSSR count). The fraction of sp³-hybridized carbons (Fsp3) is 0.471. The van der Waals surface area contributed by atoms with Gasteiger partial charge in [0, 0.05) is 31.0 Å². The number of hydrogen-bond acceptors (Lipinski definition) is 5. The summed E-state index contributed by atoms with van der Waals surface area (Å²) >= 11 is 0. The SMILES string of the molecule is COCOc1cc(-n2cccn2)ccc1B1OC(C)(C)C(C)(C)O1. The Morgan fingerprint density at radius 1 is 1.17 bits per heavy atom. The van der Waals surface area contributed by atoms with Crippen LogP contribution in [0.1, 0.15) is 27.7 Å². The van der Waals surface area contributed by atoms with Crippen LogP contribution in [0.4, 0.5) is 0 Å². The average molecular weight is 330 g/mol. The lowest BCUT2D eigenvalue weighted by molar-refractivity contribution is 0.00578. The molecule has 1 saturated heterocycles. The van der Waals surface area contributed by atoms with Gasteiger partial charge in [0.2, 0.25) is 0 Å². The van der Waals surface area contributed by atoms with E-state index >= 15 is 0 Å². The van der Waals surface area contributed by atoms with Crippen LogP contribution in [0.5, 0.6) is 5.75 Å². The molecule has 1 aliphatic heterocycles. The van der Waals surface area contributed by atoms with Gasteiger partial charge in [-0.3, -0.25) is 0 Å². The van der Waals surface area contributed by atoms with Gasteiger partial charge in [0.15, 0.2) is 6.79 Å². The Kier molecular flexibility index (Phi) is 4.42. The maximum atomic E-state index is 6.14. The molecule has 0 amide bonds. The van der Waals surface area contributed by atoms with Crippen molar-refractivity contribution in [3.05, 3.63) is 36.7 Å². The maximum absolute atomic E-state index is 6.14. The summed E-state index contributed by atoms with van der Waals surface area (Å²) in [5, 5.41) is 4.25. The van der Waals surface area contributed by atoms with Crippen molar-refractivity contribution < 1.29 is 18.8 Å². The number of hydrogen-bond donors (Lipinski definition) is 0. The standard InChI is InChI=1S/C17H23BN2O4/c1-16(2)17(3,4)24-18(23-16)14-8-7-13(20-10-6-9-19-20)11-15(14)22-12-21-5/h6-11H,12H2,1-5H3. The van der Waals surface area contributed by atoms with Crippen LogP contribution >= 0.6 is 0 Å². The first-order valence-corrected chi connectivity index (χ1v) is 7.95. The Balaban J connectivity index is 1.95. The minimum absolute atomic E-state index is 0.148. The highest BCUT2D eigenvalue weighted by Gasteiger charge is 2.52. The number of ether oxygens (including phenoxy) is 2. The van der Waals surface area contributed by atoms with E-state index in [9.17, 15) is 0 Å². The van der Waals surface area contributed by atoms with Crippen LogP contribution in [-0.4, -0.2) is 42.0 Å². The summed E-state index contributed by atoms with van der Waals surface area (Å²) in [6.45, 7) is 8.26. The molecule has 2 heterocycles. The van der Waals surface area contributed by atoms with E-state index in [1.165, 1.54) is 0 Å². The van der Waals surface area contributed by atoms with Crippen molar-refractivity contribution >= 4 is 12.6 Å². The minimum atomic E-state index is -0.492. The number of aromatic nitrogens is 2. The Bertz CT molecular complexity index is 685. The van der Waals surface area contributed by atoms with E-state index in [2.05, 4.69) is 5.10 Å². The first-order valence-electron chi connectivity index (χ1n) is 7.95. The molecule has 0 unspecified atom stereocenters. The summed E-state index contributed by atoms with van der Waals surface area (Å²) in [5.74, 6) is 0.656. The third-order valence-electron chi connectivity index (χ3n) is 4.61. The summed E-state index contributed by atoms with van der Waals surface area (Å²) in [4.78, 5) is 0. The molecular weight excluding hydrogens is 307 g/mol. The van der Waals surface area contributed by atoms with Crippen LogP contribution in [0.3, 0.4) is 0 Å². The predicted octanol–water partition coefficient (Wildman–Crippen LogP) is 2.15. The molecule has 1 fully saturated rings. The van der Waals surface area contributed by atoms with Crippen LogP contribution in [0.15, 0.2) is 36.7 Å². The molecule has 6 nitrogen and oxygen atoms in total. The second kappa shape index (κ2) is 6.24. The number of rotatable bonds is 5. The summed E-state index contributed by atoms with van der Waals surface area (Å²) in [6.07, 6.45) is 3.61. The van der Waals surface area contributed by atoms with Gasteiger partial charge in [0.1, 0.15) is 5.75 Å². The largest absolute Gasteiger partial charge is 0.498 e. The van der Waals surface area contributed by atoms with Crippen molar-refractivity contribution in [1.29, 1.82) is 0 Å². The summed E-state index contributed by atoms with van der Waals surface area (Å²) in [6, 6.07) is 7.70. The molecule has 0 radical (unpaired) electrons. The molecule has 24 heavy (non-hydrogen) atoms. The van der Waals surface area contributed by atoms with Crippen molar-refractivity contribution in [2.24, 2.45) is 0 Å². The minimum Gasteiger partial charge on any atom is -0.468 e. The van der Waals surface area contributed by atoms with Gasteiger partial charge in [-0.2, -0.15) is 5.10 Å². The zero-order valence-electron chi connectivity index (χ0n) is 14.8. The van der Waals surface area contributed by atoms with Crippen molar-refractivity contribution in [2.45, 2.75) is 38.9 Å². The fourth-order valence-corrected chi connectivity index (χ4v) is 2.50. The molecule has 0 bridgehead atoms. The predicted molar refractivity (Wildman–Crippen MR) is 91.8 cm³/mol. The number of benzene rings is 1. The topological polar surface area (TPSA) is 54.7 Å². The van der Waals surface area contributed by atoms with Crippen molar-refractivity contribution in [2.75, 3.05) is 13.9 Å². The molecule has 1 aromatic carbocycles. The van der Waals surface area contributed by atoms with E-state index in [4.69, 9.17) is 18.8 Å². The first kappa shape index (κ1) is 17.0. The van der Waals surface area contributed by atoms with Crippen molar-refractivity contribution in [1.82, 2.24) is 9.78 Å². The van der Waals surface area contributed by atoms with Gasteiger partial charge < -0.3 is 18.8 Å². The molecule has 0 aliphatic carbocycles. The molecule has 7 heteroatoms. The molecule has 0 spiro atoms. The molecular formula is C17H23BN2O4. The third kappa shape index (κ3) is 3.07. The summed E-state index contributed by atoms with van der Waals surface area (Å²) in [5.41, 5.74) is 0.918. The lowest BCUT2D eigenvalue weighted by Crippen LogP contribution is -2.41. The quantitative estimate of drug-likeness (QED) is 0.621. The molecule has 2 aromatic rings. The van der Waals surface area contributed by atoms with Crippen LogP contribution < -0.4 is 10.2 Å². The van der Waals surface area contributed by atoms with E-state index in [0.717, 1.165) is 11.2 Å². The summed E-state index contributed by atoms with van der Waals surface area (Å²) < 4.78 is 24.8. The van der Waals surface area contributed by atoms with Gasteiger partial charge in [0.25, 0.3) is 0 Å². The normalized spacial score (nSPS) is 18.8. The molecule has 0 saturated carbocycles. The smallest absolute Gasteiger partial charge is 0.468 e. The first-order chi connectivity index (χ1) is 11.3. The lowest BCUT2D eigenvalue weighted by atomic mass is 9.78. The average Bonchev–Trinajstić information content (AvgIpc) is 3.12. The third-order valence-corrected chi connectivity index (χ3v) is 4.61. The van der Waals surface area contributed by atoms with Gasteiger partial charge in [-0.15, -0.1) is 0 Å². The van der Waals surface area contributed by atoms with E-state index in [-0.39, 0.29) is 6.79 Å². The van der Waals surface area contributed by atoms with Crippen LogP contribution in [0, 0.1) is 0 Å². The Morgan fingerprint density at radius 3 is 2.46 bits per heavy atom. The van der Waals surface area contributed by atoms with Crippen molar-refractivity contribution in [3.8, 4) is 11.4 Å². The zero-order valence-corrected chi connectivity index (χ0v) is 14.8. The Labute approximate surface area is 142 Å². The highest BCUT2D eigenvalue weighted by molar-refractivity contribution is 6.63. The van der Waals surface area contributed by atoms with E-state index in [1.54, 1.807) is 18.0 Å². The fourth-order valence-electron chi connectivity index (χ4n) is 2.50. The van der Waals surface area contributed by atoms with Gasteiger partial charge in [-0.1, -0.05) is 6.07 Å². The number of nitrogens with zero attached hydrogens (tertiary/aromatic N) is 2. The van der Waals surface area contributed by atoms with Crippen molar-refractivity contribution in [3.63, 3.8) is 0 Å². The highest BCUT2D eigenvalue weighted by Crippen LogP contribution is 2.37. The lowest BCUT2D eigenvalue weighted by Gasteiger charge is -2.32. The van der Waals surface area contributed by atoms with Gasteiger partial charge in [0.05, 0.1) is 16.9 Å². The maximum Gasteiger partial charge on any atom is 0.498 e. The molecule has 0 N–H and O–H groups in total. The Hall–Kier alpha value is -1.83. The zero-order chi connectivity index (χ0) is 17.4. The van der Waals surface area contributed by atoms with Crippen LogP contribution in [0.25, 0.3) is 5.69 Å². The van der Waals surface area contributed by atoms with Crippen LogP contribution in [-0.2, 0) is 14.0 Å². The Morgan fingerprint density at radius 2 is 1.88 bits per heavy atom. The summed E-state index contributed by atoms with van der Waals surface area (Å²) in [7, 11) is 1.10. The van der Waals surface area contributed by atoms with Gasteiger partial charge in [-0.05, 0) is 39.8 Å². The number of methoxy groups -OCH3 is 1. The van der Waals surface area contributed by atoms with E-state index in [1.807, 2.05) is 58.2 Å². The van der Waals surface area contributed by atoms with Gasteiger partial charge in [-0.25, -0.2) is 4.68 Å². The van der Waals surface area contributed by atoms with Crippen LogP contribution in [0.2, 0.25) is 0 Å².